The number of rotatable bonds is 10. The summed E-state index contributed by atoms with van der Waals surface area (Å²) in [6.45, 7) is 5.07. The van der Waals surface area contributed by atoms with Crippen molar-refractivity contribution in [2.24, 2.45) is 0 Å². The minimum absolute atomic E-state index is 0.675. The Morgan fingerprint density at radius 1 is 1.25 bits per heavy atom. The summed E-state index contributed by atoms with van der Waals surface area (Å²) in [5.41, 5.74) is 0. The fraction of sp³-hybridized carbons (Fsp3) is 0.727. The van der Waals surface area contributed by atoms with Crippen molar-refractivity contribution in [3.8, 4) is 0 Å². The summed E-state index contributed by atoms with van der Waals surface area (Å²) in [4.78, 5) is 3.98. The van der Waals surface area contributed by atoms with Crippen molar-refractivity contribution in [3.05, 3.63) is 18.7 Å². The standard InChI is InChI=1S/C11H21N3O2/c1-15-9-10-16-8-2-3-12-4-6-14-7-5-13-11-14/h5,7,11-12H,2-4,6,8-10H2,1H3. The molecule has 0 amide bonds. The van der Waals surface area contributed by atoms with Crippen LogP contribution in [0.1, 0.15) is 6.42 Å². The van der Waals surface area contributed by atoms with Crippen molar-refractivity contribution in [2.75, 3.05) is 40.0 Å². The second-order valence-corrected chi connectivity index (χ2v) is 3.51. The highest BCUT2D eigenvalue weighted by molar-refractivity contribution is 4.73. The predicted molar refractivity (Wildman–Crippen MR) is 62.4 cm³/mol. The first-order valence-corrected chi connectivity index (χ1v) is 5.66. The quantitative estimate of drug-likeness (QED) is 0.592. The molecule has 0 aliphatic carbocycles. The third kappa shape index (κ3) is 6.55. The first kappa shape index (κ1) is 13.2. The SMILES string of the molecule is COCCOCCCNCCn1ccnc1. The maximum absolute atomic E-state index is 5.35. The van der Waals surface area contributed by atoms with Crippen LogP contribution in [0, 0.1) is 0 Å². The Balaban J connectivity index is 1.78. The molecule has 0 bridgehead atoms. The lowest BCUT2D eigenvalue weighted by Crippen LogP contribution is -2.21. The number of aromatic nitrogens is 2. The number of hydrogen-bond acceptors (Lipinski definition) is 4. The minimum Gasteiger partial charge on any atom is -0.382 e. The molecule has 0 unspecified atom stereocenters. The number of ether oxygens (including phenoxy) is 2. The average molecular weight is 227 g/mol. The molecule has 0 aliphatic rings. The molecule has 5 heteroatoms. The van der Waals surface area contributed by atoms with E-state index in [2.05, 4.69) is 14.9 Å². The molecule has 5 nitrogen and oxygen atoms in total. The second kappa shape index (κ2) is 9.33. The normalized spacial score (nSPS) is 10.8. The maximum Gasteiger partial charge on any atom is 0.0946 e. The van der Waals surface area contributed by atoms with Gasteiger partial charge in [-0.05, 0) is 13.0 Å². The molecule has 0 spiro atoms. The zero-order chi connectivity index (χ0) is 11.5. The Kier molecular flexibility index (Phi) is 7.67. The van der Waals surface area contributed by atoms with Crippen LogP contribution in [-0.4, -0.2) is 49.6 Å². The number of imidazole rings is 1. The molecule has 1 aromatic rings. The van der Waals surface area contributed by atoms with E-state index in [1.54, 1.807) is 13.3 Å². The van der Waals surface area contributed by atoms with Crippen molar-refractivity contribution in [1.29, 1.82) is 0 Å². The Hall–Kier alpha value is -0.910. The van der Waals surface area contributed by atoms with Crippen LogP contribution in [0.5, 0.6) is 0 Å². The van der Waals surface area contributed by atoms with Gasteiger partial charge in [-0.2, -0.15) is 0 Å². The zero-order valence-electron chi connectivity index (χ0n) is 9.89. The Morgan fingerprint density at radius 2 is 2.19 bits per heavy atom. The molecule has 1 N–H and O–H groups in total. The lowest BCUT2D eigenvalue weighted by atomic mass is 10.4. The lowest BCUT2D eigenvalue weighted by molar-refractivity contribution is 0.0695. The van der Waals surface area contributed by atoms with Crippen molar-refractivity contribution in [1.82, 2.24) is 14.9 Å². The van der Waals surface area contributed by atoms with Gasteiger partial charge < -0.3 is 19.4 Å². The number of nitrogens with zero attached hydrogens (tertiary/aromatic N) is 2. The molecule has 1 heterocycles. The highest BCUT2D eigenvalue weighted by Crippen LogP contribution is 1.85. The first-order valence-electron chi connectivity index (χ1n) is 5.66. The summed E-state index contributed by atoms with van der Waals surface area (Å²) < 4.78 is 12.3. The van der Waals surface area contributed by atoms with Gasteiger partial charge in [-0.1, -0.05) is 0 Å². The van der Waals surface area contributed by atoms with Gasteiger partial charge in [0.15, 0.2) is 0 Å². The monoisotopic (exact) mass is 227 g/mol. The van der Waals surface area contributed by atoms with Crippen LogP contribution in [0.4, 0.5) is 0 Å². The largest absolute Gasteiger partial charge is 0.382 e. The smallest absolute Gasteiger partial charge is 0.0946 e. The molecule has 92 valence electrons. The topological polar surface area (TPSA) is 48.3 Å². The van der Waals surface area contributed by atoms with Crippen LogP contribution in [0.3, 0.4) is 0 Å². The van der Waals surface area contributed by atoms with Crippen molar-refractivity contribution < 1.29 is 9.47 Å². The number of methoxy groups -OCH3 is 1. The summed E-state index contributed by atoms with van der Waals surface area (Å²) in [7, 11) is 1.68. The van der Waals surface area contributed by atoms with Gasteiger partial charge in [-0.3, -0.25) is 0 Å². The molecule has 0 aromatic carbocycles. The Bertz CT molecular complexity index is 239. The van der Waals surface area contributed by atoms with E-state index in [4.69, 9.17) is 9.47 Å². The van der Waals surface area contributed by atoms with Crippen molar-refractivity contribution in [2.45, 2.75) is 13.0 Å². The molecular weight excluding hydrogens is 206 g/mol. The van der Waals surface area contributed by atoms with E-state index in [0.29, 0.717) is 13.2 Å². The van der Waals surface area contributed by atoms with Crippen molar-refractivity contribution in [3.63, 3.8) is 0 Å². The van der Waals surface area contributed by atoms with Gasteiger partial charge in [0.1, 0.15) is 0 Å². The van der Waals surface area contributed by atoms with E-state index in [-0.39, 0.29) is 0 Å². The van der Waals surface area contributed by atoms with E-state index in [9.17, 15) is 0 Å². The van der Waals surface area contributed by atoms with Crippen LogP contribution in [0.15, 0.2) is 18.7 Å². The zero-order valence-corrected chi connectivity index (χ0v) is 9.89. The van der Waals surface area contributed by atoms with Crippen LogP contribution in [0.25, 0.3) is 0 Å². The summed E-state index contributed by atoms with van der Waals surface area (Å²) in [5, 5.41) is 3.35. The van der Waals surface area contributed by atoms with Crippen LogP contribution in [0.2, 0.25) is 0 Å². The number of nitrogens with one attached hydrogen (secondary N) is 1. The maximum atomic E-state index is 5.35. The van der Waals surface area contributed by atoms with Gasteiger partial charge in [-0.15, -0.1) is 0 Å². The molecule has 1 aromatic heterocycles. The van der Waals surface area contributed by atoms with E-state index >= 15 is 0 Å². The molecule has 1 rings (SSSR count). The predicted octanol–water partition coefficient (Wildman–Crippen LogP) is 0.526. The average Bonchev–Trinajstić information content (AvgIpc) is 2.80. The summed E-state index contributed by atoms with van der Waals surface area (Å²) in [6, 6.07) is 0. The van der Waals surface area contributed by atoms with Crippen LogP contribution >= 0.6 is 0 Å². The number of hydrogen-bond donors (Lipinski definition) is 1. The first-order chi connectivity index (χ1) is 7.93. The third-order valence-electron chi connectivity index (χ3n) is 2.18. The molecule has 0 saturated carbocycles. The second-order valence-electron chi connectivity index (χ2n) is 3.51. The van der Waals surface area contributed by atoms with Gasteiger partial charge in [0.05, 0.1) is 19.5 Å². The fourth-order valence-corrected chi connectivity index (χ4v) is 1.30. The van der Waals surface area contributed by atoms with Gasteiger partial charge in [0, 0.05) is 39.2 Å². The minimum atomic E-state index is 0.675. The highest BCUT2D eigenvalue weighted by atomic mass is 16.5. The molecule has 16 heavy (non-hydrogen) atoms. The summed E-state index contributed by atoms with van der Waals surface area (Å²) in [6.07, 6.45) is 6.63. The molecular formula is C11H21N3O2. The van der Waals surface area contributed by atoms with E-state index in [1.807, 2.05) is 12.5 Å². The van der Waals surface area contributed by atoms with E-state index in [0.717, 1.165) is 32.7 Å². The summed E-state index contributed by atoms with van der Waals surface area (Å²) >= 11 is 0. The Morgan fingerprint density at radius 3 is 2.94 bits per heavy atom. The fourth-order valence-electron chi connectivity index (χ4n) is 1.30. The van der Waals surface area contributed by atoms with Gasteiger partial charge >= 0.3 is 0 Å². The van der Waals surface area contributed by atoms with Gasteiger partial charge in [0.25, 0.3) is 0 Å². The highest BCUT2D eigenvalue weighted by Gasteiger charge is 1.91. The molecule has 0 saturated heterocycles. The van der Waals surface area contributed by atoms with Crippen molar-refractivity contribution >= 4 is 0 Å². The van der Waals surface area contributed by atoms with E-state index < -0.39 is 0 Å². The molecule has 0 radical (unpaired) electrons. The Labute approximate surface area is 96.8 Å². The lowest BCUT2D eigenvalue weighted by Gasteiger charge is -2.06. The van der Waals surface area contributed by atoms with Crippen LogP contribution in [-0.2, 0) is 16.0 Å². The van der Waals surface area contributed by atoms with Gasteiger partial charge in [0.2, 0.25) is 0 Å². The molecule has 0 atom stereocenters. The third-order valence-corrected chi connectivity index (χ3v) is 2.18. The molecule has 0 aliphatic heterocycles. The summed E-state index contributed by atoms with van der Waals surface area (Å²) in [5.74, 6) is 0. The molecule has 0 fully saturated rings. The van der Waals surface area contributed by atoms with Gasteiger partial charge in [-0.25, -0.2) is 4.98 Å². The van der Waals surface area contributed by atoms with Crippen LogP contribution < -0.4 is 5.32 Å². The van der Waals surface area contributed by atoms with E-state index in [1.165, 1.54) is 0 Å².